The zero-order chi connectivity index (χ0) is 15.7. The molecule has 110 valence electrons. The van der Waals surface area contributed by atoms with Crippen molar-refractivity contribution in [3.05, 3.63) is 47.7 Å². The van der Waals surface area contributed by atoms with E-state index in [1.54, 1.807) is 24.4 Å². The van der Waals surface area contributed by atoms with Gasteiger partial charge in [0.25, 0.3) is 11.8 Å². The minimum Gasteiger partial charge on any atom is -0.872 e. The van der Waals surface area contributed by atoms with Crippen molar-refractivity contribution in [1.29, 1.82) is 0 Å². The molecule has 3 heterocycles. The van der Waals surface area contributed by atoms with E-state index in [2.05, 4.69) is 15.3 Å². The lowest BCUT2D eigenvalue weighted by Gasteiger charge is -2.06. The number of carbonyl (C=O) groups is 2. The van der Waals surface area contributed by atoms with Gasteiger partial charge in [-0.1, -0.05) is 18.2 Å². The summed E-state index contributed by atoms with van der Waals surface area (Å²) in [7, 11) is 0. The maximum absolute atomic E-state index is 12.3. The average molecular weight is 302 g/mol. The van der Waals surface area contributed by atoms with Gasteiger partial charge in [0.15, 0.2) is 0 Å². The van der Waals surface area contributed by atoms with Crippen molar-refractivity contribution in [2.75, 3.05) is 0 Å². The molecule has 0 bridgehead atoms. The molecule has 2 aromatic heterocycles. The highest BCUT2D eigenvalue weighted by atomic mass is 16.3. The van der Waals surface area contributed by atoms with E-state index in [9.17, 15) is 14.7 Å². The summed E-state index contributed by atoms with van der Waals surface area (Å²) in [5.41, 5.74) is 2.62. The first kappa shape index (κ1) is 12.2. The molecule has 1 aliphatic heterocycles. The third-order valence-corrected chi connectivity index (χ3v) is 4.27. The van der Waals surface area contributed by atoms with E-state index in [0.29, 0.717) is 38.3 Å². The van der Waals surface area contributed by atoms with Crippen molar-refractivity contribution in [2.45, 2.75) is 0 Å². The molecule has 1 aliphatic rings. The minimum atomic E-state index is -0.446. The number of aromatic nitrogens is 2. The first-order valence-electron chi connectivity index (χ1n) is 7.04. The summed E-state index contributed by atoms with van der Waals surface area (Å²) in [5.74, 6) is -1.03. The summed E-state index contributed by atoms with van der Waals surface area (Å²) in [6.45, 7) is 0. The largest absolute Gasteiger partial charge is 0.872 e. The number of imide groups is 1. The Kier molecular flexibility index (Phi) is 2.04. The van der Waals surface area contributed by atoms with Gasteiger partial charge in [0.2, 0.25) is 0 Å². The van der Waals surface area contributed by atoms with E-state index in [1.165, 1.54) is 12.1 Å². The zero-order valence-electron chi connectivity index (χ0n) is 11.6. The molecule has 0 atom stereocenters. The lowest BCUT2D eigenvalue weighted by molar-refractivity contribution is -0.268. The third-order valence-electron chi connectivity index (χ3n) is 4.27. The van der Waals surface area contributed by atoms with Crippen LogP contribution >= 0.6 is 0 Å². The highest BCUT2D eigenvalue weighted by molar-refractivity contribution is 6.36. The lowest BCUT2D eigenvalue weighted by atomic mass is 9.97. The number of nitrogens with zero attached hydrogens (tertiary/aromatic N) is 1. The summed E-state index contributed by atoms with van der Waals surface area (Å²) < 4.78 is 0. The van der Waals surface area contributed by atoms with Gasteiger partial charge < -0.3 is 10.1 Å². The van der Waals surface area contributed by atoms with Gasteiger partial charge in [0, 0.05) is 27.9 Å². The van der Waals surface area contributed by atoms with Crippen molar-refractivity contribution in [3.8, 4) is 5.75 Å². The van der Waals surface area contributed by atoms with Gasteiger partial charge >= 0.3 is 0 Å². The summed E-state index contributed by atoms with van der Waals surface area (Å²) >= 11 is 0. The molecule has 0 aliphatic carbocycles. The predicted molar refractivity (Wildman–Crippen MR) is 82.3 cm³/mol. The molecule has 6 heteroatoms. The Labute approximate surface area is 128 Å². The summed E-state index contributed by atoms with van der Waals surface area (Å²) in [5, 5.41) is 15.9. The van der Waals surface area contributed by atoms with Gasteiger partial charge in [-0.2, -0.15) is 0 Å². The van der Waals surface area contributed by atoms with Crippen LogP contribution in [0.1, 0.15) is 20.7 Å². The maximum atomic E-state index is 12.3. The van der Waals surface area contributed by atoms with E-state index in [1.807, 2.05) is 0 Å². The molecule has 0 saturated carbocycles. The molecule has 0 unspecified atom stereocenters. The van der Waals surface area contributed by atoms with Crippen LogP contribution in [-0.2, 0) is 0 Å². The first-order valence-corrected chi connectivity index (χ1v) is 7.04. The molecule has 23 heavy (non-hydrogen) atoms. The van der Waals surface area contributed by atoms with Crippen LogP contribution in [0, 0.1) is 0 Å². The van der Waals surface area contributed by atoms with Crippen molar-refractivity contribution in [1.82, 2.24) is 15.3 Å². The van der Waals surface area contributed by atoms with Crippen LogP contribution in [0.25, 0.3) is 32.7 Å². The third kappa shape index (κ3) is 1.39. The predicted octanol–water partition coefficient (Wildman–Crippen LogP) is 1.83. The van der Waals surface area contributed by atoms with Crippen LogP contribution in [0.2, 0.25) is 0 Å². The standard InChI is InChI=1S/C17H9N3O3/c21-7-3-4-10-9(6-7)11-13-12(16(22)20-17(13)23)8-2-1-5-18-14(8)15(11)19-10/h1-6,19,21H,(H,20,22,23)/p-1. The van der Waals surface area contributed by atoms with Crippen LogP contribution in [0.5, 0.6) is 5.75 Å². The molecular formula is C17H8N3O3-. The fraction of sp³-hybridized carbons (Fsp3) is 0. The van der Waals surface area contributed by atoms with Gasteiger partial charge in [-0.3, -0.25) is 19.9 Å². The number of aromatic amines is 1. The Morgan fingerprint density at radius 3 is 2.70 bits per heavy atom. The van der Waals surface area contributed by atoms with Crippen LogP contribution in [-0.4, -0.2) is 21.8 Å². The van der Waals surface area contributed by atoms with Crippen molar-refractivity contribution < 1.29 is 14.7 Å². The highest BCUT2D eigenvalue weighted by Gasteiger charge is 2.33. The van der Waals surface area contributed by atoms with Crippen molar-refractivity contribution >= 4 is 44.5 Å². The number of nitrogens with one attached hydrogen (secondary N) is 2. The summed E-state index contributed by atoms with van der Waals surface area (Å²) in [6.07, 6.45) is 1.63. The molecule has 0 radical (unpaired) electrons. The molecule has 2 aromatic carbocycles. The Hall–Kier alpha value is -3.41. The Balaban J connectivity index is 2.18. The number of pyridine rings is 1. The normalized spacial score (nSPS) is 13.9. The van der Waals surface area contributed by atoms with Crippen LogP contribution < -0.4 is 10.4 Å². The fourth-order valence-electron chi connectivity index (χ4n) is 3.37. The summed E-state index contributed by atoms with van der Waals surface area (Å²) in [6, 6.07) is 8.10. The molecule has 4 aromatic rings. The number of carbonyl (C=O) groups excluding carboxylic acids is 2. The molecule has 0 saturated heterocycles. The van der Waals surface area contributed by atoms with Crippen molar-refractivity contribution in [2.24, 2.45) is 0 Å². The first-order chi connectivity index (χ1) is 11.1. The smallest absolute Gasteiger partial charge is 0.259 e. The lowest BCUT2D eigenvalue weighted by Crippen LogP contribution is -2.20. The van der Waals surface area contributed by atoms with E-state index in [-0.39, 0.29) is 5.75 Å². The molecule has 2 amide bonds. The van der Waals surface area contributed by atoms with Crippen LogP contribution in [0.15, 0.2) is 36.5 Å². The number of fused-ring (bicyclic) bond motifs is 8. The van der Waals surface area contributed by atoms with Gasteiger partial charge in [0.1, 0.15) is 0 Å². The van der Waals surface area contributed by atoms with E-state index in [0.717, 1.165) is 5.52 Å². The summed E-state index contributed by atoms with van der Waals surface area (Å²) in [4.78, 5) is 32.1. The maximum Gasteiger partial charge on any atom is 0.259 e. The Bertz CT molecular complexity index is 1190. The van der Waals surface area contributed by atoms with Gasteiger partial charge in [0.05, 0.1) is 22.2 Å². The SMILES string of the molecule is O=C1NC(=O)c2c1c1cccnc1c1[nH]c3ccc([O-])cc3c21. The Morgan fingerprint density at radius 2 is 1.83 bits per heavy atom. The number of benzene rings is 2. The fourth-order valence-corrected chi connectivity index (χ4v) is 3.37. The second-order valence-electron chi connectivity index (χ2n) is 5.52. The second-order valence-corrected chi connectivity index (χ2v) is 5.52. The van der Waals surface area contributed by atoms with Gasteiger partial charge in [-0.05, 0) is 12.1 Å². The Morgan fingerprint density at radius 1 is 1.00 bits per heavy atom. The molecule has 0 spiro atoms. The molecule has 0 fully saturated rings. The number of amides is 2. The van der Waals surface area contributed by atoms with E-state index in [4.69, 9.17) is 0 Å². The minimum absolute atomic E-state index is 0.155. The second kappa shape index (κ2) is 3.86. The van der Waals surface area contributed by atoms with Gasteiger partial charge in [-0.15, -0.1) is 5.75 Å². The number of rotatable bonds is 0. The molecule has 6 nitrogen and oxygen atoms in total. The van der Waals surface area contributed by atoms with Crippen LogP contribution in [0.3, 0.4) is 0 Å². The van der Waals surface area contributed by atoms with Crippen molar-refractivity contribution in [3.63, 3.8) is 0 Å². The highest BCUT2D eigenvalue weighted by Crippen LogP contribution is 2.38. The average Bonchev–Trinajstić information content (AvgIpc) is 3.05. The number of hydrogen-bond donors (Lipinski definition) is 2. The monoisotopic (exact) mass is 302 g/mol. The van der Waals surface area contributed by atoms with Crippen LogP contribution in [0.4, 0.5) is 0 Å². The molecular weight excluding hydrogens is 294 g/mol. The van der Waals surface area contributed by atoms with E-state index >= 15 is 0 Å². The topological polar surface area (TPSA) is 97.9 Å². The van der Waals surface area contributed by atoms with E-state index < -0.39 is 11.8 Å². The van der Waals surface area contributed by atoms with Gasteiger partial charge in [-0.25, -0.2) is 0 Å². The zero-order valence-corrected chi connectivity index (χ0v) is 11.6. The number of hydrogen-bond acceptors (Lipinski definition) is 4. The number of H-pyrrole nitrogens is 1. The molecule has 2 N–H and O–H groups in total. The molecule has 5 rings (SSSR count). The quantitative estimate of drug-likeness (QED) is 0.484.